The molecule has 1 amide bonds. The van der Waals surface area contributed by atoms with Crippen LogP contribution < -0.4 is 5.32 Å². The molecule has 1 unspecified atom stereocenters. The fourth-order valence-electron chi connectivity index (χ4n) is 3.52. The lowest BCUT2D eigenvalue weighted by atomic mass is 10.00. The van der Waals surface area contributed by atoms with Crippen LogP contribution in [0.1, 0.15) is 40.0 Å². The van der Waals surface area contributed by atoms with Gasteiger partial charge in [0.15, 0.2) is 0 Å². The molecule has 4 aromatic rings. The Kier molecular flexibility index (Phi) is 4.97. The number of rotatable bonds is 4. The van der Waals surface area contributed by atoms with Gasteiger partial charge in [-0.1, -0.05) is 48.0 Å². The van der Waals surface area contributed by atoms with Crippen molar-refractivity contribution < 1.29 is 4.79 Å². The zero-order valence-corrected chi connectivity index (χ0v) is 17.0. The number of amides is 1. The van der Waals surface area contributed by atoms with E-state index in [-0.39, 0.29) is 11.9 Å². The van der Waals surface area contributed by atoms with Crippen LogP contribution >= 0.6 is 11.3 Å². The van der Waals surface area contributed by atoms with E-state index in [4.69, 9.17) is 4.98 Å². The van der Waals surface area contributed by atoms with E-state index in [2.05, 4.69) is 24.4 Å². The first-order valence-electron chi connectivity index (χ1n) is 9.34. The second kappa shape index (κ2) is 7.56. The number of thiophene rings is 1. The van der Waals surface area contributed by atoms with E-state index in [9.17, 15) is 4.79 Å². The number of aryl methyl sites for hydroxylation is 2. The highest BCUT2D eigenvalue weighted by molar-refractivity contribution is 7.13. The van der Waals surface area contributed by atoms with Crippen LogP contribution in [-0.4, -0.2) is 10.9 Å². The monoisotopic (exact) mass is 386 g/mol. The maximum Gasteiger partial charge on any atom is 0.252 e. The second-order valence-electron chi connectivity index (χ2n) is 7.12. The third-order valence-corrected chi connectivity index (χ3v) is 5.81. The van der Waals surface area contributed by atoms with Crippen molar-refractivity contribution in [2.24, 2.45) is 0 Å². The SMILES string of the molecule is Cc1cc(C)c2nc(-c3cccs3)cc(C(=O)NC(C)c3ccccc3)c2c1. The highest BCUT2D eigenvalue weighted by atomic mass is 32.1. The topological polar surface area (TPSA) is 42.0 Å². The molecule has 0 fully saturated rings. The molecule has 0 aliphatic carbocycles. The van der Waals surface area contributed by atoms with Crippen LogP contribution in [0.5, 0.6) is 0 Å². The van der Waals surface area contributed by atoms with Gasteiger partial charge in [0.2, 0.25) is 0 Å². The number of nitrogens with one attached hydrogen (secondary N) is 1. The fourth-order valence-corrected chi connectivity index (χ4v) is 4.20. The Morgan fingerprint density at radius 1 is 1.04 bits per heavy atom. The number of nitrogens with zero attached hydrogens (tertiary/aromatic N) is 1. The van der Waals surface area contributed by atoms with Crippen molar-refractivity contribution in [3.63, 3.8) is 0 Å². The summed E-state index contributed by atoms with van der Waals surface area (Å²) in [5.74, 6) is -0.0773. The summed E-state index contributed by atoms with van der Waals surface area (Å²) in [4.78, 5) is 19.2. The molecule has 140 valence electrons. The number of hydrogen-bond acceptors (Lipinski definition) is 3. The Morgan fingerprint density at radius 3 is 2.54 bits per heavy atom. The van der Waals surface area contributed by atoms with Gasteiger partial charge in [-0.15, -0.1) is 11.3 Å². The van der Waals surface area contributed by atoms with Crippen molar-refractivity contribution in [2.45, 2.75) is 26.8 Å². The summed E-state index contributed by atoms with van der Waals surface area (Å²) in [6.07, 6.45) is 0. The third kappa shape index (κ3) is 3.56. The summed E-state index contributed by atoms with van der Waals surface area (Å²) in [7, 11) is 0. The molecule has 1 atom stereocenters. The molecule has 0 saturated carbocycles. The zero-order valence-electron chi connectivity index (χ0n) is 16.2. The Hall–Kier alpha value is -2.98. The van der Waals surface area contributed by atoms with Gasteiger partial charge in [0, 0.05) is 5.39 Å². The summed E-state index contributed by atoms with van der Waals surface area (Å²) in [6, 6.07) is 20.1. The average molecular weight is 387 g/mol. The number of carbonyl (C=O) groups is 1. The minimum Gasteiger partial charge on any atom is -0.345 e. The number of aromatic nitrogens is 1. The number of carbonyl (C=O) groups excluding carboxylic acids is 1. The summed E-state index contributed by atoms with van der Waals surface area (Å²) in [5, 5.41) is 6.08. The van der Waals surface area contributed by atoms with E-state index in [1.165, 1.54) is 0 Å². The van der Waals surface area contributed by atoms with Gasteiger partial charge >= 0.3 is 0 Å². The van der Waals surface area contributed by atoms with Crippen molar-refractivity contribution >= 4 is 28.1 Å². The van der Waals surface area contributed by atoms with Gasteiger partial charge < -0.3 is 5.32 Å². The largest absolute Gasteiger partial charge is 0.345 e. The van der Waals surface area contributed by atoms with Gasteiger partial charge in [-0.3, -0.25) is 4.79 Å². The Bertz CT molecular complexity index is 1130. The minimum atomic E-state index is -0.0773. The van der Waals surface area contributed by atoms with E-state index in [1.807, 2.05) is 67.8 Å². The lowest BCUT2D eigenvalue weighted by Gasteiger charge is -2.16. The molecular weight excluding hydrogens is 364 g/mol. The lowest BCUT2D eigenvalue weighted by molar-refractivity contribution is 0.0941. The van der Waals surface area contributed by atoms with Crippen molar-refractivity contribution in [2.75, 3.05) is 0 Å². The van der Waals surface area contributed by atoms with E-state index in [0.717, 1.165) is 38.2 Å². The quantitative estimate of drug-likeness (QED) is 0.462. The number of benzene rings is 2. The zero-order chi connectivity index (χ0) is 19.7. The van der Waals surface area contributed by atoms with E-state index in [1.54, 1.807) is 11.3 Å². The molecule has 2 heterocycles. The van der Waals surface area contributed by atoms with Gasteiger partial charge in [0.05, 0.1) is 27.7 Å². The average Bonchev–Trinajstić information content (AvgIpc) is 3.22. The van der Waals surface area contributed by atoms with Crippen LogP contribution in [-0.2, 0) is 0 Å². The number of fused-ring (bicyclic) bond motifs is 1. The van der Waals surface area contributed by atoms with Gasteiger partial charge in [0.25, 0.3) is 5.91 Å². The molecule has 0 spiro atoms. The summed E-state index contributed by atoms with van der Waals surface area (Å²) in [5.41, 5.74) is 5.68. The molecular formula is C24H22N2OS. The minimum absolute atomic E-state index is 0.0759. The maximum atomic E-state index is 13.3. The smallest absolute Gasteiger partial charge is 0.252 e. The second-order valence-corrected chi connectivity index (χ2v) is 8.06. The van der Waals surface area contributed by atoms with Gasteiger partial charge in [-0.05, 0) is 55.5 Å². The van der Waals surface area contributed by atoms with Crippen molar-refractivity contribution in [3.05, 3.63) is 88.3 Å². The standard InChI is InChI=1S/C24H22N2OS/c1-15-12-16(2)23-19(13-15)20(14-21(26-23)22-10-7-11-28-22)24(27)25-17(3)18-8-5-4-6-9-18/h4-14,17H,1-3H3,(H,25,27). The Labute approximate surface area is 169 Å². The molecule has 0 aliphatic rings. The van der Waals surface area contributed by atoms with Gasteiger partial charge in [-0.2, -0.15) is 0 Å². The van der Waals surface area contributed by atoms with Crippen molar-refractivity contribution in [1.82, 2.24) is 10.3 Å². The van der Waals surface area contributed by atoms with Crippen LogP contribution in [0, 0.1) is 13.8 Å². The first kappa shape index (κ1) is 18.4. The summed E-state index contributed by atoms with van der Waals surface area (Å²) in [6.45, 7) is 6.11. The first-order valence-corrected chi connectivity index (χ1v) is 10.2. The molecule has 0 radical (unpaired) electrons. The summed E-state index contributed by atoms with van der Waals surface area (Å²) < 4.78 is 0. The third-order valence-electron chi connectivity index (χ3n) is 4.91. The predicted molar refractivity (Wildman–Crippen MR) is 117 cm³/mol. The molecule has 3 nitrogen and oxygen atoms in total. The van der Waals surface area contributed by atoms with Gasteiger partial charge in [0.1, 0.15) is 0 Å². The Morgan fingerprint density at radius 2 is 1.82 bits per heavy atom. The van der Waals surface area contributed by atoms with E-state index < -0.39 is 0 Å². The van der Waals surface area contributed by atoms with Crippen LogP contribution in [0.4, 0.5) is 0 Å². The first-order chi connectivity index (χ1) is 13.5. The molecule has 0 bridgehead atoms. The van der Waals surface area contributed by atoms with Crippen LogP contribution in [0.15, 0.2) is 66.0 Å². The van der Waals surface area contributed by atoms with Crippen molar-refractivity contribution in [3.8, 4) is 10.6 Å². The molecule has 4 heteroatoms. The molecule has 0 saturated heterocycles. The molecule has 1 N–H and O–H groups in total. The molecule has 0 aliphatic heterocycles. The highest BCUT2D eigenvalue weighted by Gasteiger charge is 2.18. The van der Waals surface area contributed by atoms with Gasteiger partial charge in [-0.25, -0.2) is 4.98 Å². The number of hydrogen-bond donors (Lipinski definition) is 1. The van der Waals surface area contributed by atoms with Crippen LogP contribution in [0.2, 0.25) is 0 Å². The van der Waals surface area contributed by atoms with Crippen LogP contribution in [0.3, 0.4) is 0 Å². The van der Waals surface area contributed by atoms with Crippen molar-refractivity contribution in [1.29, 1.82) is 0 Å². The molecule has 4 rings (SSSR count). The van der Waals surface area contributed by atoms with E-state index >= 15 is 0 Å². The fraction of sp³-hybridized carbons (Fsp3) is 0.167. The number of pyridine rings is 1. The predicted octanol–water partition coefficient (Wildman–Crippen LogP) is 6.07. The Balaban J connectivity index is 1.81. The van der Waals surface area contributed by atoms with Crippen LogP contribution in [0.25, 0.3) is 21.5 Å². The molecule has 2 aromatic carbocycles. The normalized spacial score (nSPS) is 12.1. The summed E-state index contributed by atoms with van der Waals surface area (Å²) >= 11 is 1.63. The molecule has 28 heavy (non-hydrogen) atoms. The molecule has 2 aromatic heterocycles. The maximum absolute atomic E-state index is 13.3. The highest BCUT2D eigenvalue weighted by Crippen LogP contribution is 2.30. The van der Waals surface area contributed by atoms with E-state index in [0.29, 0.717) is 5.56 Å². The lowest BCUT2D eigenvalue weighted by Crippen LogP contribution is -2.27.